The predicted molar refractivity (Wildman–Crippen MR) is 91.4 cm³/mol. The molecule has 4 nitrogen and oxygen atoms in total. The molecule has 0 radical (unpaired) electrons. The molecule has 1 N–H and O–H groups in total. The number of nitrogens with zero attached hydrogens (tertiary/aromatic N) is 2. The molecule has 1 aromatic carbocycles. The van der Waals surface area contributed by atoms with Crippen molar-refractivity contribution in [1.82, 2.24) is 4.90 Å². The van der Waals surface area contributed by atoms with Gasteiger partial charge in [-0.05, 0) is 44.2 Å². The van der Waals surface area contributed by atoms with Crippen molar-refractivity contribution in [3.05, 3.63) is 24.3 Å². The minimum Gasteiger partial charge on any atom is -0.369 e. The quantitative estimate of drug-likeness (QED) is 0.932. The van der Waals surface area contributed by atoms with E-state index in [-0.39, 0.29) is 11.8 Å². The number of amides is 1. The highest BCUT2D eigenvalue weighted by atomic mass is 16.1. The molecule has 3 rings (SSSR count). The van der Waals surface area contributed by atoms with Crippen LogP contribution in [0.5, 0.6) is 0 Å². The molecular weight excluding hydrogens is 274 g/mol. The lowest BCUT2D eigenvalue weighted by Crippen LogP contribution is -2.44. The topological polar surface area (TPSA) is 35.6 Å². The second kappa shape index (κ2) is 7.14. The Bertz CT molecular complexity index is 486. The average Bonchev–Trinajstić information content (AvgIpc) is 2.57. The van der Waals surface area contributed by atoms with Crippen LogP contribution in [0.25, 0.3) is 0 Å². The number of carbonyl (C=O) groups is 1. The Balaban J connectivity index is 1.56. The third-order valence-electron chi connectivity index (χ3n) is 4.98. The van der Waals surface area contributed by atoms with E-state index in [0.29, 0.717) is 0 Å². The molecule has 2 aliphatic rings. The summed E-state index contributed by atoms with van der Waals surface area (Å²) in [5.41, 5.74) is 2.18. The molecule has 1 aliphatic carbocycles. The van der Waals surface area contributed by atoms with Crippen LogP contribution in [0, 0.1) is 5.92 Å². The first-order valence-corrected chi connectivity index (χ1v) is 8.57. The first-order chi connectivity index (χ1) is 10.7. The third kappa shape index (κ3) is 3.80. The van der Waals surface area contributed by atoms with Gasteiger partial charge in [0.2, 0.25) is 5.91 Å². The smallest absolute Gasteiger partial charge is 0.227 e. The summed E-state index contributed by atoms with van der Waals surface area (Å²) < 4.78 is 0. The molecule has 120 valence electrons. The molecule has 1 amide bonds. The van der Waals surface area contributed by atoms with Crippen molar-refractivity contribution in [1.29, 1.82) is 0 Å². The van der Waals surface area contributed by atoms with Gasteiger partial charge in [0.1, 0.15) is 0 Å². The summed E-state index contributed by atoms with van der Waals surface area (Å²) in [7, 11) is 2.17. The Labute approximate surface area is 133 Å². The molecule has 0 bridgehead atoms. The third-order valence-corrected chi connectivity index (χ3v) is 4.98. The fraction of sp³-hybridized carbons (Fsp3) is 0.611. The lowest BCUT2D eigenvalue weighted by atomic mass is 9.88. The fourth-order valence-corrected chi connectivity index (χ4v) is 3.43. The Morgan fingerprint density at radius 3 is 2.27 bits per heavy atom. The van der Waals surface area contributed by atoms with E-state index < -0.39 is 0 Å². The van der Waals surface area contributed by atoms with Crippen LogP contribution in [0.3, 0.4) is 0 Å². The van der Waals surface area contributed by atoms with Gasteiger partial charge in [-0.25, -0.2) is 0 Å². The maximum absolute atomic E-state index is 12.3. The molecule has 1 aliphatic heterocycles. The van der Waals surface area contributed by atoms with Crippen LogP contribution in [-0.2, 0) is 4.79 Å². The van der Waals surface area contributed by atoms with Gasteiger partial charge in [-0.2, -0.15) is 0 Å². The number of benzene rings is 1. The van der Waals surface area contributed by atoms with Gasteiger partial charge >= 0.3 is 0 Å². The van der Waals surface area contributed by atoms with E-state index in [1.165, 1.54) is 24.9 Å². The minimum atomic E-state index is 0.201. The lowest BCUT2D eigenvalue weighted by Gasteiger charge is -2.34. The van der Waals surface area contributed by atoms with Crippen LogP contribution in [0.15, 0.2) is 24.3 Å². The van der Waals surface area contributed by atoms with Crippen molar-refractivity contribution in [3.8, 4) is 0 Å². The van der Waals surface area contributed by atoms with Crippen LogP contribution in [0.1, 0.15) is 32.1 Å². The molecule has 1 saturated heterocycles. The monoisotopic (exact) mass is 301 g/mol. The number of carbonyl (C=O) groups excluding carboxylic acids is 1. The van der Waals surface area contributed by atoms with Crippen molar-refractivity contribution in [2.45, 2.75) is 32.1 Å². The van der Waals surface area contributed by atoms with Crippen molar-refractivity contribution in [2.75, 3.05) is 43.4 Å². The molecule has 4 heteroatoms. The van der Waals surface area contributed by atoms with E-state index in [1.54, 1.807) is 0 Å². The molecule has 0 aromatic heterocycles. The van der Waals surface area contributed by atoms with Crippen molar-refractivity contribution in [3.63, 3.8) is 0 Å². The average molecular weight is 301 g/mol. The largest absolute Gasteiger partial charge is 0.369 e. The molecule has 1 saturated carbocycles. The molecule has 0 spiro atoms. The van der Waals surface area contributed by atoms with Crippen LogP contribution in [0.4, 0.5) is 11.4 Å². The SMILES string of the molecule is CN1CCN(c2ccc(NC(=O)C3CCCCC3)cc2)CC1. The van der Waals surface area contributed by atoms with Crippen LogP contribution >= 0.6 is 0 Å². The van der Waals surface area contributed by atoms with E-state index in [9.17, 15) is 4.79 Å². The van der Waals surface area contributed by atoms with Gasteiger partial charge in [0.05, 0.1) is 0 Å². The van der Waals surface area contributed by atoms with E-state index in [0.717, 1.165) is 44.7 Å². The fourth-order valence-electron chi connectivity index (χ4n) is 3.43. The first-order valence-electron chi connectivity index (χ1n) is 8.57. The van der Waals surface area contributed by atoms with Crippen LogP contribution < -0.4 is 10.2 Å². The van der Waals surface area contributed by atoms with Gasteiger partial charge in [0.25, 0.3) is 0 Å². The molecular formula is C18H27N3O. The zero-order chi connectivity index (χ0) is 15.4. The van der Waals surface area contributed by atoms with Gasteiger partial charge in [0, 0.05) is 43.5 Å². The van der Waals surface area contributed by atoms with E-state index in [1.807, 2.05) is 12.1 Å². The number of piperazine rings is 1. The number of rotatable bonds is 3. The Morgan fingerprint density at radius 1 is 1.00 bits per heavy atom. The molecule has 0 atom stereocenters. The predicted octanol–water partition coefficient (Wildman–Crippen LogP) is 2.96. The summed E-state index contributed by atoms with van der Waals surface area (Å²) in [5.74, 6) is 0.415. The van der Waals surface area contributed by atoms with Gasteiger partial charge in [-0.1, -0.05) is 19.3 Å². The van der Waals surface area contributed by atoms with Gasteiger partial charge in [0.15, 0.2) is 0 Å². The second-order valence-electron chi connectivity index (χ2n) is 6.66. The number of hydrogen-bond donors (Lipinski definition) is 1. The highest BCUT2D eigenvalue weighted by Crippen LogP contribution is 2.25. The number of nitrogens with one attached hydrogen (secondary N) is 1. The normalized spacial score (nSPS) is 20.9. The minimum absolute atomic E-state index is 0.201. The highest BCUT2D eigenvalue weighted by Gasteiger charge is 2.21. The van der Waals surface area contributed by atoms with Crippen LogP contribution in [0.2, 0.25) is 0 Å². The maximum atomic E-state index is 12.3. The molecule has 0 unspecified atom stereocenters. The summed E-state index contributed by atoms with van der Waals surface area (Å²) in [6, 6.07) is 8.33. The van der Waals surface area contributed by atoms with Crippen molar-refractivity contribution < 1.29 is 4.79 Å². The molecule has 1 heterocycles. The summed E-state index contributed by atoms with van der Waals surface area (Å²) in [6.45, 7) is 4.37. The molecule has 22 heavy (non-hydrogen) atoms. The lowest BCUT2D eigenvalue weighted by molar-refractivity contribution is -0.120. The van der Waals surface area contributed by atoms with E-state index >= 15 is 0 Å². The Kier molecular flexibility index (Phi) is 4.98. The zero-order valence-corrected chi connectivity index (χ0v) is 13.6. The highest BCUT2D eigenvalue weighted by molar-refractivity contribution is 5.92. The number of hydrogen-bond acceptors (Lipinski definition) is 3. The van der Waals surface area contributed by atoms with Gasteiger partial charge < -0.3 is 15.1 Å². The summed E-state index contributed by atoms with van der Waals surface area (Å²) in [5, 5.41) is 3.08. The van der Waals surface area contributed by atoms with Crippen molar-refractivity contribution >= 4 is 17.3 Å². The van der Waals surface area contributed by atoms with Crippen molar-refractivity contribution in [2.24, 2.45) is 5.92 Å². The standard InChI is InChI=1S/C18H27N3O/c1-20-11-13-21(14-12-20)17-9-7-16(8-10-17)19-18(22)15-5-3-2-4-6-15/h7-10,15H,2-6,11-14H2,1H3,(H,19,22). The van der Waals surface area contributed by atoms with E-state index in [4.69, 9.17) is 0 Å². The number of anilines is 2. The zero-order valence-electron chi connectivity index (χ0n) is 13.6. The molecule has 2 fully saturated rings. The number of likely N-dealkylation sites (N-methyl/N-ethyl adjacent to an activating group) is 1. The Hall–Kier alpha value is -1.55. The van der Waals surface area contributed by atoms with E-state index in [2.05, 4.69) is 34.3 Å². The first kappa shape index (κ1) is 15.3. The summed E-state index contributed by atoms with van der Waals surface area (Å²) >= 11 is 0. The summed E-state index contributed by atoms with van der Waals surface area (Å²) in [4.78, 5) is 17.0. The second-order valence-corrected chi connectivity index (χ2v) is 6.66. The Morgan fingerprint density at radius 2 is 1.64 bits per heavy atom. The molecule has 1 aromatic rings. The van der Waals surface area contributed by atoms with Gasteiger partial charge in [-0.3, -0.25) is 4.79 Å². The van der Waals surface area contributed by atoms with Crippen LogP contribution in [-0.4, -0.2) is 44.0 Å². The van der Waals surface area contributed by atoms with Gasteiger partial charge in [-0.15, -0.1) is 0 Å². The summed E-state index contributed by atoms with van der Waals surface area (Å²) in [6.07, 6.45) is 5.76. The maximum Gasteiger partial charge on any atom is 0.227 e.